The highest BCUT2D eigenvalue weighted by atomic mass is 19.3. The Labute approximate surface area is 209 Å². The van der Waals surface area contributed by atoms with E-state index in [1.54, 1.807) is 4.90 Å². The molecule has 198 valence electrons. The number of amides is 3. The Morgan fingerprint density at radius 2 is 1.86 bits per heavy atom. The number of hydrogen-bond donors (Lipinski definition) is 1. The van der Waals surface area contributed by atoms with Gasteiger partial charge < -0.3 is 24.4 Å². The van der Waals surface area contributed by atoms with Crippen molar-refractivity contribution in [2.45, 2.75) is 50.5 Å². The number of pyridine rings is 1. The lowest BCUT2D eigenvalue weighted by atomic mass is 9.90. The number of fused-ring (bicyclic) bond motifs is 1. The smallest absolute Gasteiger partial charge is 0.484 e. The maximum absolute atomic E-state index is 13.1. The molecule has 1 saturated carbocycles. The minimum atomic E-state index is -3.73. The lowest BCUT2D eigenvalue weighted by Gasteiger charge is -2.34. The Balaban J connectivity index is 1.06. The Hall–Kier alpha value is -3.77. The minimum Gasteiger partial charge on any atom is -0.484 e. The largest absolute Gasteiger partial charge is 0.586 e. The molecule has 5 rings (SSSR count). The van der Waals surface area contributed by atoms with Crippen molar-refractivity contribution in [3.8, 4) is 17.2 Å². The van der Waals surface area contributed by atoms with Gasteiger partial charge in [0, 0.05) is 43.0 Å². The molecule has 0 radical (unpaired) electrons. The van der Waals surface area contributed by atoms with Crippen molar-refractivity contribution in [1.82, 2.24) is 15.2 Å². The Kier molecular flexibility index (Phi) is 6.69. The monoisotopic (exact) mass is 524 g/mol. The molecule has 37 heavy (non-hydrogen) atoms. The van der Waals surface area contributed by atoms with Crippen molar-refractivity contribution in [3.05, 3.63) is 42.1 Å². The molecule has 0 bridgehead atoms. The van der Waals surface area contributed by atoms with Crippen LogP contribution in [0.3, 0.4) is 0 Å². The normalized spacial score (nSPS) is 22.5. The number of hydrogen-bond acceptors (Lipinski definition) is 6. The molecule has 2 fully saturated rings. The first-order valence-corrected chi connectivity index (χ1v) is 11.8. The summed E-state index contributed by atoms with van der Waals surface area (Å²) in [6.45, 7) is 0.631. The van der Waals surface area contributed by atoms with E-state index in [0.717, 1.165) is 6.20 Å². The second-order valence-corrected chi connectivity index (χ2v) is 9.02. The van der Waals surface area contributed by atoms with Crippen LogP contribution in [0.5, 0.6) is 17.2 Å². The Morgan fingerprint density at radius 3 is 2.57 bits per heavy atom. The molecule has 0 atom stereocenters. The summed E-state index contributed by atoms with van der Waals surface area (Å²) < 4.78 is 65.9. The number of urea groups is 1. The molecule has 2 aromatic rings. The number of nitrogens with zero attached hydrogens (tertiary/aromatic N) is 3. The van der Waals surface area contributed by atoms with Crippen LogP contribution in [0, 0.1) is 0 Å². The van der Waals surface area contributed by atoms with Gasteiger partial charge in [-0.2, -0.15) is 0 Å². The molecule has 3 aliphatic rings. The molecule has 1 N–H and O–H groups in total. The number of anilines is 1. The number of carbonyl (C=O) groups excluding carboxylic acids is 2. The van der Waals surface area contributed by atoms with Crippen molar-refractivity contribution < 1.29 is 41.4 Å². The fraction of sp³-hybridized carbons (Fsp3) is 0.458. The van der Waals surface area contributed by atoms with Crippen LogP contribution in [0.1, 0.15) is 37.7 Å². The lowest BCUT2D eigenvalue weighted by Crippen LogP contribution is -2.46. The van der Waals surface area contributed by atoms with Gasteiger partial charge in [-0.25, -0.2) is 18.6 Å². The second kappa shape index (κ2) is 9.94. The highest BCUT2D eigenvalue weighted by Gasteiger charge is 2.43. The summed E-state index contributed by atoms with van der Waals surface area (Å²) in [7, 11) is 0. The van der Waals surface area contributed by atoms with E-state index in [1.807, 2.05) is 0 Å². The number of halogens is 4. The summed E-state index contributed by atoms with van der Waals surface area (Å²) in [4.78, 5) is 32.5. The maximum atomic E-state index is 13.1. The molecule has 3 amide bonds. The Morgan fingerprint density at radius 1 is 1.11 bits per heavy atom. The molecule has 1 aromatic heterocycles. The molecule has 13 heteroatoms. The van der Waals surface area contributed by atoms with E-state index in [0.29, 0.717) is 44.6 Å². The standard InChI is InChI=1S/C24H24F4N4O5/c25-22(26)14-1-8-20(29-12-14)32-10-9-31(23(32)34)16-4-2-15(3-5-16)30-21(33)13-35-17-6-7-18-19(11-17)37-24(27,28)36-18/h1,6-8,11-12,15-16,22H,2-5,9-10,13H2,(H,30,33)/t15-,16-. The van der Waals surface area contributed by atoms with Gasteiger partial charge in [0.05, 0.1) is 0 Å². The molecular weight excluding hydrogens is 500 g/mol. The number of ether oxygens (including phenoxy) is 3. The molecule has 1 saturated heterocycles. The predicted molar refractivity (Wildman–Crippen MR) is 121 cm³/mol. The lowest BCUT2D eigenvalue weighted by molar-refractivity contribution is -0.286. The number of alkyl halides is 4. The van der Waals surface area contributed by atoms with Gasteiger partial charge in [-0.15, -0.1) is 8.78 Å². The maximum Gasteiger partial charge on any atom is 0.586 e. The van der Waals surface area contributed by atoms with Gasteiger partial charge in [-0.1, -0.05) is 0 Å². The van der Waals surface area contributed by atoms with E-state index in [1.165, 1.54) is 35.2 Å². The number of nitrogens with one attached hydrogen (secondary N) is 1. The van der Waals surface area contributed by atoms with Crippen LogP contribution in [-0.2, 0) is 4.79 Å². The van der Waals surface area contributed by atoms with E-state index in [9.17, 15) is 27.2 Å². The van der Waals surface area contributed by atoms with Gasteiger partial charge in [0.15, 0.2) is 18.1 Å². The SMILES string of the molecule is O=C(COc1ccc2c(c1)OC(F)(F)O2)N[C@H]1CC[C@H](N2CCN(c3ccc(C(F)F)cn3)C2=O)CC1. The van der Waals surface area contributed by atoms with Crippen molar-refractivity contribution >= 4 is 17.8 Å². The fourth-order valence-electron chi connectivity index (χ4n) is 4.76. The van der Waals surface area contributed by atoms with E-state index < -0.39 is 12.7 Å². The van der Waals surface area contributed by atoms with Crippen LogP contribution in [0.4, 0.5) is 28.2 Å². The van der Waals surface area contributed by atoms with Crippen LogP contribution < -0.4 is 24.4 Å². The molecule has 1 aromatic carbocycles. The number of carbonyl (C=O) groups is 2. The average molecular weight is 524 g/mol. The zero-order valence-electron chi connectivity index (χ0n) is 19.5. The first kappa shape index (κ1) is 24.9. The van der Waals surface area contributed by atoms with Gasteiger partial charge in [-0.3, -0.25) is 9.69 Å². The predicted octanol–water partition coefficient (Wildman–Crippen LogP) is 4.09. The summed E-state index contributed by atoms with van der Waals surface area (Å²) in [6, 6.07) is 6.32. The quantitative estimate of drug-likeness (QED) is 0.549. The van der Waals surface area contributed by atoms with Crippen molar-refractivity contribution in [3.63, 3.8) is 0 Å². The van der Waals surface area contributed by atoms with E-state index in [-0.39, 0.29) is 53.4 Å². The van der Waals surface area contributed by atoms with Crippen LogP contribution in [-0.4, -0.2) is 59.9 Å². The first-order chi connectivity index (χ1) is 17.7. The number of benzene rings is 1. The average Bonchev–Trinajstić information content (AvgIpc) is 3.40. The van der Waals surface area contributed by atoms with Crippen LogP contribution in [0.2, 0.25) is 0 Å². The van der Waals surface area contributed by atoms with Crippen molar-refractivity contribution in [2.24, 2.45) is 0 Å². The first-order valence-electron chi connectivity index (χ1n) is 11.8. The van der Waals surface area contributed by atoms with Crippen LogP contribution >= 0.6 is 0 Å². The third-order valence-corrected chi connectivity index (χ3v) is 6.59. The molecular formula is C24H24F4N4O5. The number of aromatic nitrogens is 1. The van der Waals surface area contributed by atoms with Crippen LogP contribution in [0.15, 0.2) is 36.5 Å². The summed E-state index contributed by atoms with van der Waals surface area (Å²) in [5, 5.41) is 2.90. The molecule has 9 nitrogen and oxygen atoms in total. The third-order valence-electron chi connectivity index (χ3n) is 6.59. The van der Waals surface area contributed by atoms with E-state index in [2.05, 4.69) is 19.8 Å². The molecule has 0 unspecified atom stereocenters. The molecule has 2 aliphatic heterocycles. The molecule has 0 spiro atoms. The highest BCUT2D eigenvalue weighted by molar-refractivity contribution is 5.93. The zero-order chi connectivity index (χ0) is 26.2. The van der Waals surface area contributed by atoms with Gasteiger partial charge in [0.25, 0.3) is 12.3 Å². The minimum absolute atomic E-state index is 0.00833. The van der Waals surface area contributed by atoms with Gasteiger partial charge in [-0.05, 0) is 49.9 Å². The molecule has 1 aliphatic carbocycles. The highest BCUT2D eigenvalue weighted by Crippen LogP contribution is 2.42. The van der Waals surface area contributed by atoms with Gasteiger partial charge in [0.1, 0.15) is 11.6 Å². The summed E-state index contributed by atoms with van der Waals surface area (Å²) in [6.07, 6.45) is -2.54. The summed E-state index contributed by atoms with van der Waals surface area (Å²) >= 11 is 0. The molecule has 3 heterocycles. The summed E-state index contributed by atoms with van der Waals surface area (Å²) in [5.74, 6) is -0.104. The third kappa shape index (κ3) is 5.49. The van der Waals surface area contributed by atoms with E-state index >= 15 is 0 Å². The number of rotatable bonds is 7. The second-order valence-electron chi connectivity index (χ2n) is 9.02. The van der Waals surface area contributed by atoms with E-state index in [4.69, 9.17) is 4.74 Å². The fourth-order valence-corrected chi connectivity index (χ4v) is 4.76. The topological polar surface area (TPSA) is 93.2 Å². The van der Waals surface area contributed by atoms with Crippen LogP contribution in [0.25, 0.3) is 0 Å². The van der Waals surface area contributed by atoms with Crippen molar-refractivity contribution in [1.29, 1.82) is 0 Å². The Bertz CT molecular complexity index is 1160. The van der Waals surface area contributed by atoms with Gasteiger partial charge >= 0.3 is 12.3 Å². The van der Waals surface area contributed by atoms with Gasteiger partial charge in [0.2, 0.25) is 0 Å². The zero-order valence-corrected chi connectivity index (χ0v) is 19.5. The van der Waals surface area contributed by atoms with Crippen molar-refractivity contribution in [2.75, 3.05) is 24.6 Å². The summed E-state index contributed by atoms with van der Waals surface area (Å²) in [5.41, 5.74) is -0.196.